The van der Waals surface area contributed by atoms with Crippen LogP contribution in [0.5, 0.6) is 0 Å². The van der Waals surface area contributed by atoms with Crippen LogP contribution in [0.2, 0.25) is 5.02 Å². The Morgan fingerprint density at radius 1 is 1.00 bits per heavy atom. The number of aromatic nitrogens is 4. The van der Waals surface area contributed by atoms with Gasteiger partial charge in [-0.2, -0.15) is 5.10 Å². The Morgan fingerprint density at radius 2 is 1.81 bits per heavy atom. The Kier molecular flexibility index (Phi) is 4.72. The summed E-state index contributed by atoms with van der Waals surface area (Å²) >= 11 is 6.05. The molecule has 152 valence electrons. The Labute approximate surface area is 181 Å². The third-order valence-corrected chi connectivity index (χ3v) is 5.25. The maximum atomic E-state index is 12.9. The predicted octanol–water partition coefficient (Wildman–Crippen LogP) is 3.70. The summed E-state index contributed by atoms with van der Waals surface area (Å²) in [7, 11) is 0. The lowest BCUT2D eigenvalue weighted by Crippen LogP contribution is -2.34. The van der Waals surface area contributed by atoms with Crippen molar-refractivity contribution in [2.45, 2.75) is 6.42 Å². The summed E-state index contributed by atoms with van der Waals surface area (Å²) in [6.07, 6.45) is 2.85. The first-order valence-electron chi connectivity index (χ1n) is 9.58. The average molecular weight is 430 g/mol. The molecule has 0 bridgehead atoms. The first kappa shape index (κ1) is 19.0. The van der Waals surface area contributed by atoms with Crippen LogP contribution >= 0.6 is 11.6 Å². The molecule has 7 nitrogen and oxygen atoms in total. The standard InChI is InChI=1S/C23H16ClN5O2/c24-17-8-4-9-18(12-17)29-22-20(13-26-29)23(31)28(14-25-22)27-21(30)11-16-7-3-6-15-5-1-2-10-19(15)16/h1-10,12-14H,11H2,(H,27,30). The summed E-state index contributed by atoms with van der Waals surface area (Å²) in [6, 6.07) is 20.8. The molecule has 0 saturated carbocycles. The van der Waals surface area contributed by atoms with E-state index in [4.69, 9.17) is 11.6 Å². The van der Waals surface area contributed by atoms with E-state index in [1.54, 1.807) is 18.2 Å². The molecular weight excluding hydrogens is 414 g/mol. The molecule has 31 heavy (non-hydrogen) atoms. The molecule has 1 amide bonds. The smallest absolute Gasteiger partial charge is 0.273 e. The second kappa shape index (κ2) is 7.70. The van der Waals surface area contributed by atoms with Crippen molar-refractivity contribution in [2.75, 3.05) is 5.43 Å². The van der Waals surface area contributed by atoms with Crippen molar-refractivity contribution in [1.82, 2.24) is 19.4 Å². The molecule has 3 aromatic carbocycles. The normalized spacial score (nSPS) is 11.1. The third-order valence-electron chi connectivity index (χ3n) is 5.02. The fourth-order valence-electron chi connectivity index (χ4n) is 3.58. The van der Waals surface area contributed by atoms with Gasteiger partial charge in [-0.05, 0) is 34.5 Å². The Balaban J connectivity index is 1.44. The number of amides is 1. The van der Waals surface area contributed by atoms with E-state index in [1.807, 2.05) is 48.5 Å². The zero-order valence-corrected chi connectivity index (χ0v) is 17.0. The first-order valence-corrected chi connectivity index (χ1v) is 9.96. The molecule has 0 radical (unpaired) electrons. The number of halogens is 1. The summed E-state index contributed by atoms with van der Waals surface area (Å²) in [5, 5.41) is 7.16. The Morgan fingerprint density at radius 3 is 2.68 bits per heavy atom. The number of carbonyl (C=O) groups excluding carboxylic acids is 1. The molecule has 0 aliphatic carbocycles. The van der Waals surface area contributed by atoms with E-state index in [9.17, 15) is 9.59 Å². The molecule has 0 fully saturated rings. The number of hydrogen-bond acceptors (Lipinski definition) is 4. The zero-order chi connectivity index (χ0) is 21.4. The van der Waals surface area contributed by atoms with Gasteiger partial charge in [-0.15, -0.1) is 0 Å². The van der Waals surface area contributed by atoms with Crippen molar-refractivity contribution in [3.63, 3.8) is 0 Å². The van der Waals surface area contributed by atoms with E-state index in [2.05, 4.69) is 15.5 Å². The highest BCUT2D eigenvalue weighted by atomic mass is 35.5. The van der Waals surface area contributed by atoms with Crippen LogP contribution in [-0.2, 0) is 11.2 Å². The minimum absolute atomic E-state index is 0.133. The second-order valence-electron chi connectivity index (χ2n) is 7.04. The predicted molar refractivity (Wildman–Crippen MR) is 120 cm³/mol. The summed E-state index contributed by atoms with van der Waals surface area (Å²) in [5.41, 5.74) is 4.16. The minimum Gasteiger partial charge on any atom is -0.273 e. The maximum absolute atomic E-state index is 12.9. The van der Waals surface area contributed by atoms with Crippen molar-refractivity contribution in [3.8, 4) is 5.69 Å². The zero-order valence-electron chi connectivity index (χ0n) is 16.2. The lowest BCUT2D eigenvalue weighted by atomic mass is 10.0. The lowest BCUT2D eigenvalue weighted by Gasteiger charge is -2.10. The first-order chi connectivity index (χ1) is 15.1. The molecule has 2 heterocycles. The van der Waals surface area contributed by atoms with E-state index in [1.165, 1.54) is 17.2 Å². The highest BCUT2D eigenvalue weighted by Crippen LogP contribution is 2.19. The third kappa shape index (κ3) is 3.55. The van der Waals surface area contributed by atoms with Crippen molar-refractivity contribution in [1.29, 1.82) is 0 Å². The number of fused-ring (bicyclic) bond motifs is 2. The van der Waals surface area contributed by atoms with Gasteiger partial charge in [-0.3, -0.25) is 15.0 Å². The Hall–Kier alpha value is -3.97. The summed E-state index contributed by atoms with van der Waals surface area (Å²) in [4.78, 5) is 29.8. The van der Waals surface area contributed by atoms with Crippen LogP contribution in [0.15, 0.2) is 84.0 Å². The SMILES string of the molecule is O=C(Cc1cccc2ccccc12)Nn1cnc2c(cnn2-c2cccc(Cl)c2)c1=O. The van der Waals surface area contributed by atoms with Gasteiger partial charge in [0.15, 0.2) is 5.65 Å². The van der Waals surface area contributed by atoms with Crippen LogP contribution in [0.25, 0.3) is 27.5 Å². The van der Waals surface area contributed by atoms with E-state index in [0.29, 0.717) is 16.4 Å². The van der Waals surface area contributed by atoms with Crippen molar-refractivity contribution in [2.24, 2.45) is 0 Å². The number of hydrogen-bond donors (Lipinski definition) is 1. The largest absolute Gasteiger partial charge is 0.283 e. The number of carbonyl (C=O) groups is 1. The molecule has 0 aliphatic heterocycles. The van der Waals surface area contributed by atoms with E-state index in [-0.39, 0.29) is 17.7 Å². The highest BCUT2D eigenvalue weighted by molar-refractivity contribution is 6.30. The van der Waals surface area contributed by atoms with Crippen molar-refractivity contribution in [3.05, 3.63) is 100 Å². The highest BCUT2D eigenvalue weighted by Gasteiger charge is 2.14. The van der Waals surface area contributed by atoms with Gasteiger partial charge in [0, 0.05) is 5.02 Å². The van der Waals surface area contributed by atoms with E-state index >= 15 is 0 Å². The fourth-order valence-corrected chi connectivity index (χ4v) is 3.77. The van der Waals surface area contributed by atoms with Crippen molar-refractivity contribution < 1.29 is 4.79 Å². The van der Waals surface area contributed by atoms with Gasteiger partial charge in [0.2, 0.25) is 5.91 Å². The van der Waals surface area contributed by atoms with Crippen LogP contribution in [-0.4, -0.2) is 25.3 Å². The monoisotopic (exact) mass is 429 g/mol. The molecular formula is C23H16ClN5O2. The topological polar surface area (TPSA) is 81.8 Å². The van der Waals surface area contributed by atoms with Gasteiger partial charge in [-0.25, -0.2) is 14.3 Å². The molecule has 5 aromatic rings. The molecule has 0 saturated heterocycles. The maximum Gasteiger partial charge on any atom is 0.283 e. The molecule has 0 aliphatic rings. The molecule has 5 rings (SSSR count). The van der Waals surface area contributed by atoms with Crippen molar-refractivity contribution >= 4 is 39.3 Å². The minimum atomic E-state index is -0.412. The van der Waals surface area contributed by atoms with Gasteiger partial charge in [0.1, 0.15) is 11.7 Å². The summed E-state index contributed by atoms with van der Waals surface area (Å²) in [6.45, 7) is 0. The van der Waals surface area contributed by atoms with Gasteiger partial charge in [0.05, 0.1) is 18.3 Å². The van der Waals surface area contributed by atoms with Crippen LogP contribution in [0, 0.1) is 0 Å². The van der Waals surface area contributed by atoms with Crippen LogP contribution in [0.3, 0.4) is 0 Å². The molecule has 0 atom stereocenters. The van der Waals surface area contributed by atoms with Crippen LogP contribution in [0.4, 0.5) is 0 Å². The van der Waals surface area contributed by atoms with Crippen LogP contribution in [0.1, 0.15) is 5.56 Å². The molecule has 0 unspecified atom stereocenters. The number of benzene rings is 3. The quantitative estimate of drug-likeness (QED) is 0.472. The van der Waals surface area contributed by atoms with Gasteiger partial charge in [0.25, 0.3) is 5.56 Å². The lowest BCUT2D eigenvalue weighted by molar-refractivity contribution is -0.116. The summed E-state index contributed by atoms with van der Waals surface area (Å²) < 4.78 is 2.62. The average Bonchev–Trinajstić information content (AvgIpc) is 3.21. The molecule has 8 heteroatoms. The number of nitrogens with zero attached hydrogens (tertiary/aromatic N) is 4. The molecule has 0 spiro atoms. The van der Waals surface area contributed by atoms with E-state index < -0.39 is 5.56 Å². The second-order valence-corrected chi connectivity index (χ2v) is 7.48. The van der Waals surface area contributed by atoms with Gasteiger partial charge < -0.3 is 0 Å². The van der Waals surface area contributed by atoms with Gasteiger partial charge >= 0.3 is 0 Å². The summed E-state index contributed by atoms with van der Waals surface area (Å²) in [5.74, 6) is -0.318. The Bertz CT molecular complexity index is 1500. The van der Waals surface area contributed by atoms with Gasteiger partial charge in [-0.1, -0.05) is 60.1 Å². The van der Waals surface area contributed by atoms with E-state index in [0.717, 1.165) is 21.0 Å². The van der Waals surface area contributed by atoms with Crippen LogP contribution < -0.4 is 11.0 Å². The number of rotatable bonds is 4. The molecule has 2 aromatic heterocycles. The molecule has 1 N–H and O–H groups in total. The number of nitrogens with one attached hydrogen (secondary N) is 1. The fraction of sp³-hybridized carbons (Fsp3) is 0.0435.